The fourth-order valence-electron chi connectivity index (χ4n) is 11.9. The highest BCUT2D eigenvalue weighted by Gasteiger charge is 2.53. The summed E-state index contributed by atoms with van der Waals surface area (Å²) in [5.74, 6) is 4.43. The van der Waals surface area contributed by atoms with E-state index < -0.39 is 52.9 Å². The van der Waals surface area contributed by atoms with Gasteiger partial charge < -0.3 is 55.0 Å². The van der Waals surface area contributed by atoms with Crippen LogP contribution in [-0.4, -0.2) is 133 Å². The van der Waals surface area contributed by atoms with Gasteiger partial charge >= 0.3 is 0 Å². The molecule has 0 radical (unpaired) electrons. The van der Waals surface area contributed by atoms with Gasteiger partial charge in [-0.3, -0.25) is 29.4 Å². The van der Waals surface area contributed by atoms with Crippen LogP contribution in [0.4, 0.5) is 4.39 Å². The number of hydrogen-bond acceptors (Lipinski definition) is 13. The molecule has 0 bridgehead atoms. The van der Waals surface area contributed by atoms with Gasteiger partial charge in [0.1, 0.15) is 29.0 Å². The number of β-amino-alcohol motifs (C(OH)–C–C–N with tert-alkyl or cyclic N) is 1. The van der Waals surface area contributed by atoms with Crippen LogP contribution in [0.25, 0.3) is 43.9 Å². The largest absolute Gasteiger partial charge is 0.483 e. The molecular weight excluding hydrogens is 1180 g/mol. The third-order valence-corrected chi connectivity index (χ3v) is 18.0. The molecule has 4 heterocycles. The number of nitrogens with zero attached hydrogens (tertiary/aromatic N) is 5. The van der Waals surface area contributed by atoms with E-state index in [9.17, 15) is 44.0 Å². The molecule has 21 heteroatoms. The number of aliphatic hydroxyl groups excluding tert-OH is 2. The van der Waals surface area contributed by atoms with Crippen molar-refractivity contribution >= 4 is 51.9 Å². The van der Waals surface area contributed by atoms with Gasteiger partial charge in [0.05, 0.1) is 58.9 Å². The van der Waals surface area contributed by atoms with Crippen LogP contribution in [-0.2, 0) is 41.8 Å². The maximum absolute atomic E-state index is 14.7. The molecule has 7 aromatic rings. The number of hydrogen-bond donors (Lipinski definition) is 7. The summed E-state index contributed by atoms with van der Waals surface area (Å²) >= 11 is 1.44. The van der Waals surface area contributed by atoms with Crippen molar-refractivity contribution in [2.24, 2.45) is 5.41 Å². The normalized spacial score (nSPS) is 18.0. The number of unbranched alkanes of at least 4 members (excludes halogenated alkanes) is 2. The fourth-order valence-corrected chi connectivity index (χ4v) is 12.7. The molecule has 0 unspecified atom stereocenters. The van der Waals surface area contributed by atoms with E-state index in [2.05, 4.69) is 79.1 Å². The number of rotatable bonds is 25. The Morgan fingerprint density at radius 2 is 1.57 bits per heavy atom. The predicted molar refractivity (Wildman–Crippen MR) is 346 cm³/mol. The number of ether oxygens (including phenoxy) is 2. The molecule has 3 fully saturated rings. The van der Waals surface area contributed by atoms with E-state index in [0.29, 0.717) is 49.2 Å². The van der Waals surface area contributed by atoms with Gasteiger partial charge in [-0.1, -0.05) is 118 Å². The second-order valence-corrected chi connectivity index (χ2v) is 25.8. The van der Waals surface area contributed by atoms with Crippen molar-refractivity contribution in [3.05, 3.63) is 143 Å². The number of thiazole rings is 1. The molecule has 4 aromatic carbocycles. The van der Waals surface area contributed by atoms with Gasteiger partial charge in [0.2, 0.25) is 17.7 Å². The Morgan fingerprint density at radius 3 is 2.29 bits per heavy atom. The lowest BCUT2D eigenvalue weighted by Crippen LogP contribution is -2.59. The van der Waals surface area contributed by atoms with E-state index in [1.54, 1.807) is 38.4 Å². The summed E-state index contributed by atoms with van der Waals surface area (Å²) < 4.78 is 30.6. The molecule has 3 aromatic heterocycles. The first-order valence-electron chi connectivity index (χ1n) is 31.4. The molecule has 0 spiro atoms. The number of carbonyl (C=O) groups excluding carboxylic acids is 5. The van der Waals surface area contributed by atoms with Gasteiger partial charge in [-0.05, 0) is 104 Å². The summed E-state index contributed by atoms with van der Waals surface area (Å²) in [6, 6.07) is 32.0. The van der Waals surface area contributed by atoms with Crippen LogP contribution in [0.15, 0.2) is 115 Å². The maximum atomic E-state index is 14.7. The van der Waals surface area contributed by atoms with Crippen LogP contribution in [0.2, 0.25) is 0 Å². The first-order chi connectivity index (χ1) is 43.8. The molecule has 7 N–H and O–H groups in total. The zero-order valence-electron chi connectivity index (χ0n) is 52.1. The summed E-state index contributed by atoms with van der Waals surface area (Å²) in [6.45, 7) is 8.06. The molecular formula is C70H81FN10O9S. The molecule has 2 saturated carbocycles. The Kier molecular flexibility index (Phi) is 21.3. The number of aromatic nitrogens is 4. The third kappa shape index (κ3) is 16.3. The first kappa shape index (κ1) is 65.4. The number of nitrogens with one attached hydrogen (secondary N) is 5. The molecule has 91 heavy (non-hydrogen) atoms. The number of fused-ring (bicyclic) bond motifs is 1. The Labute approximate surface area is 533 Å². The van der Waals surface area contributed by atoms with Crippen molar-refractivity contribution in [3.8, 4) is 50.4 Å². The van der Waals surface area contributed by atoms with E-state index >= 15 is 0 Å². The fraction of sp³-hybridized carbons (Fsp3) is 0.429. The smallest absolute Gasteiger partial charge is 0.258 e. The zero-order valence-corrected chi connectivity index (χ0v) is 52.9. The van der Waals surface area contributed by atoms with Gasteiger partial charge in [0, 0.05) is 74.7 Å². The molecule has 5 amide bonds. The number of carbonyl (C=O) groups is 5. The van der Waals surface area contributed by atoms with Crippen molar-refractivity contribution in [2.45, 2.75) is 147 Å². The van der Waals surface area contributed by atoms with Crippen LogP contribution in [0.1, 0.15) is 120 Å². The Bertz CT molecular complexity index is 3860. The molecule has 3 atom stereocenters. The second-order valence-electron chi connectivity index (χ2n) is 25.0. The van der Waals surface area contributed by atoms with E-state index in [1.807, 2.05) is 72.4 Å². The standard InChI is InChI=1S/C70H81FN10O9S/c1-45-62(91-44-77-45)50-23-24-51(39-75-66(86)55-38-54(83)41-79(55)67(87)63(69(2,3)4)78-68(88)70(71)30-31-70)56(37-50)90-42-58(85)74-33-35-89-34-29-57(84)73-32-14-6-5-9-16-46-17-15-18-47(36-46)40-80-61(49-21-12-8-13-22-49)59(48-19-10-7-11-20-48)60-64(72)81(43-76-65(60)80)52-25-27-53(82)28-26-52/h7-8,10-13,15,17-24,36-37,43-44,52-55,63,72,82-83H,5-6,14,25-35,38-42H2,1-4H3,(H,73,84)(H,74,85)(H,75,86)(H,78,88)/t52?,53?,54-,55+,63-/m1/s1. The Hall–Kier alpha value is -8.55. The summed E-state index contributed by atoms with van der Waals surface area (Å²) in [5.41, 5.74) is 8.12. The summed E-state index contributed by atoms with van der Waals surface area (Å²) in [4.78, 5) is 77.8. The first-order valence-corrected chi connectivity index (χ1v) is 32.3. The van der Waals surface area contributed by atoms with Gasteiger partial charge in [-0.25, -0.2) is 14.4 Å². The van der Waals surface area contributed by atoms with Gasteiger partial charge in [0.25, 0.3) is 11.8 Å². The minimum absolute atomic E-state index is 0.0362. The van der Waals surface area contributed by atoms with Crippen molar-refractivity contribution in [1.29, 1.82) is 5.41 Å². The molecule has 1 saturated heterocycles. The molecule has 478 valence electrons. The number of likely N-dealkylation sites (tertiary alicyclic amines) is 1. The highest BCUT2D eigenvalue weighted by atomic mass is 32.1. The van der Waals surface area contributed by atoms with Crippen molar-refractivity contribution in [1.82, 2.24) is 45.3 Å². The highest BCUT2D eigenvalue weighted by Crippen LogP contribution is 2.42. The number of aliphatic hydroxyl groups is 2. The number of benzene rings is 4. The summed E-state index contributed by atoms with van der Waals surface area (Å²) in [6.07, 6.45) is 5.97. The van der Waals surface area contributed by atoms with E-state index in [0.717, 1.165) is 86.4 Å². The monoisotopic (exact) mass is 1260 g/mol. The minimum Gasteiger partial charge on any atom is -0.483 e. The molecule has 10 rings (SSSR count). The zero-order chi connectivity index (χ0) is 64.2. The number of amides is 5. The SMILES string of the molecule is Cc1ncsc1-c1ccc(CNC(=O)[C@@H]2C[C@@H](O)CN2C(=O)[C@@H](NC(=O)C2(F)CC2)C(C)(C)C)c(OCC(=O)NCCOCCC(=O)NCCCCC#Cc2cccc(Cn3c(-c4ccccc4)c(-c4ccccc4)c4c(=N)n(C5CCC(O)CC5)cnc43)c2)c1. The van der Waals surface area contributed by atoms with Gasteiger partial charge in [-0.2, -0.15) is 0 Å². The van der Waals surface area contributed by atoms with Crippen LogP contribution in [0.3, 0.4) is 0 Å². The third-order valence-electron chi connectivity index (χ3n) is 17.0. The summed E-state index contributed by atoms with van der Waals surface area (Å²) in [7, 11) is 0. The van der Waals surface area contributed by atoms with E-state index in [1.165, 1.54) is 16.2 Å². The second kappa shape index (κ2) is 29.6. The predicted octanol–water partition coefficient (Wildman–Crippen LogP) is 8.46. The topological polar surface area (TPSA) is 255 Å². The number of aryl methyl sites for hydroxylation is 1. The van der Waals surface area contributed by atoms with Crippen LogP contribution >= 0.6 is 11.3 Å². The lowest BCUT2D eigenvalue weighted by molar-refractivity contribution is -0.145. The quantitative estimate of drug-likeness (QED) is 0.0211. The van der Waals surface area contributed by atoms with E-state index in [-0.39, 0.29) is 83.2 Å². The Balaban J connectivity index is 0.660. The molecule has 19 nitrogen and oxygen atoms in total. The highest BCUT2D eigenvalue weighted by molar-refractivity contribution is 7.13. The lowest BCUT2D eigenvalue weighted by atomic mass is 9.85. The van der Waals surface area contributed by atoms with Crippen molar-refractivity contribution < 1.29 is 48.0 Å². The number of alkyl halides is 1. The van der Waals surface area contributed by atoms with E-state index in [4.69, 9.17) is 14.5 Å². The molecule has 3 aliphatic rings. The molecule has 1 aliphatic heterocycles. The van der Waals surface area contributed by atoms with Gasteiger partial charge in [-0.15, -0.1) is 11.3 Å². The average molecular weight is 1260 g/mol. The van der Waals surface area contributed by atoms with Gasteiger partial charge in [0.15, 0.2) is 12.3 Å². The molecule has 2 aliphatic carbocycles. The minimum atomic E-state index is -2.01. The van der Waals surface area contributed by atoms with Crippen LogP contribution in [0.5, 0.6) is 5.75 Å². The Morgan fingerprint density at radius 1 is 0.835 bits per heavy atom. The van der Waals surface area contributed by atoms with Crippen molar-refractivity contribution in [2.75, 3.05) is 39.5 Å². The van der Waals surface area contributed by atoms with Crippen LogP contribution in [0, 0.1) is 29.6 Å². The van der Waals surface area contributed by atoms with Crippen molar-refractivity contribution in [3.63, 3.8) is 0 Å². The average Bonchev–Trinajstić information content (AvgIpc) is 1.60. The summed E-state index contributed by atoms with van der Waals surface area (Å²) in [5, 5.41) is 42.6. The maximum Gasteiger partial charge on any atom is 0.258 e. The number of halogens is 1. The lowest BCUT2D eigenvalue weighted by Gasteiger charge is -2.35. The van der Waals surface area contributed by atoms with Crippen LogP contribution < -0.4 is 31.5 Å².